The van der Waals surface area contributed by atoms with E-state index in [1.165, 1.54) is 178 Å². The summed E-state index contributed by atoms with van der Waals surface area (Å²) in [5.41, 5.74) is 4.96. The van der Waals surface area contributed by atoms with E-state index in [1.54, 1.807) is 0 Å². The number of fused-ring (bicyclic) bond motifs is 2. The molecular formula is C68H86O4. The van der Waals surface area contributed by atoms with Gasteiger partial charge in [0.15, 0.2) is 0 Å². The molecule has 6 aromatic carbocycles. The smallest absolute Gasteiger partial charge is 0.343 e. The van der Waals surface area contributed by atoms with Crippen LogP contribution < -0.4 is 9.47 Å². The molecule has 0 radical (unpaired) electrons. The monoisotopic (exact) mass is 967 g/mol. The third-order valence-corrected chi connectivity index (χ3v) is 16.8. The van der Waals surface area contributed by atoms with E-state index in [-0.39, 0.29) is 0 Å². The van der Waals surface area contributed by atoms with E-state index < -0.39 is 11.9 Å². The van der Waals surface area contributed by atoms with Crippen LogP contribution in [0.5, 0.6) is 11.5 Å². The second kappa shape index (κ2) is 28.3. The van der Waals surface area contributed by atoms with Crippen LogP contribution in [0, 0.1) is 23.7 Å². The third-order valence-electron chi connectivity index (χ3n) is 16.8. The van der Waals surface area contributed by atoms with Gasteiger partial charge in [-0.3, -0.25) is 0 Å². The summed E-state index contributed by atoms with van der Waals surface area (Å²) in [6, 6.07) is 39.9. The molecule has 0 bridgehead atoms. The first-order valence-electron chi connectivity index (χ1n) is 29.1. The molecule has 0 saturated heterocycles. The molecule has 0 unspecified atom stereocenters. The van der Waals surface area contributed by atoms with Gasteiger partial charge in [-0.15, -0.1) is 0 Å². The average molecular weight is 967 g/mol. The number of carbonyl (C=O) groups excluding carboxylic acids is 2. The minimum atomic E-state index is -0.417. The van der Waals surface area contributed by atoms with Crippen molar-refractivity contribution in [1.29, 1.82) is 0 Å². The van der Waals surface area contributed by atoms with Crippen molar-refractivity contribution in [2.75, 3.05) is 0 Å². The number of carbonyl (C=O) groups is 2. The van der Waals surface area contributed by atoms with Crippen LogP contribution in [-0.2, 0) is 12.8 Å². The molecule has 0 N–H and O–H groups in total. The van der Waals surface area contributed by atoms with Gasteiger partial charge in [0, 0.05) is 11.1 Å². The molecule has 4 heteroatoms. The van der Waals surface area contributed by atoms with Crippen LogP contribution >= 0.6 is 0 Å². The third kappa shape index (κ3) is 15.4. The molecule has 0 spiro atoms. The number of ether oxygens (including phenoxy) is 2. The normalized spacial score (nSPS) is 18.1. The topological polar surface area (TPSA) is 52.6 Å². The molecule has 382 valence electrons. The van der Waals surface area contributed by atoms with Crippen LogP contribution in [-0.4, -0.2) is 11.9 Å². The second-order valence-electron chi connectivity index (χ2n) is 22.2. The fourth-order valence-electron chi connectivity index (χ4n) is 12.3. The molecule has 0 amide bonds. The molecule has 8 rings (SSSR count). The van der Waals surface area contributed by atoms with Crippen LogP contribution in [0.2, 0.25) is 0 Å². The SMILES string of the molecule is CCCCCCC[C@H]1CC[C@H](CCCCc2ccc(C(=O)Oc3ccc4ccccc4c3-c3c(OC(=O)c4ccc(CCCC[C@H]5CC[C@H](CCCCCCC)CC5)cc4)ccc4ccccc34)cc2)CC1. The van der Waals surface area contributed by atoms with Gasteiger partial charge in [0.25, 0.3) is 0 Å². The molecule has 0 aliphatic heterocycles. The standard InChI is InChI=1S/C68H86O4/c1-3-5-7-9-11-21-51-31-35-53(36-32-51)23-13-15-25-55-39-43-59(44-40-55)67(69)71-63-49-47-57-27-17-19-29-61(57)65(63)66-62-30-20-18-28-58(62)48-50-64(66)72-68(70)60-45-41-56(42-46-60)26-16-14-24-54-37-33-52(34-38-54)22-12-10-8-6-4-2/h17-20,27-30,39-54H,3-16,21-26,31-38H2,1-2H3/t51-,52-,53-,54-. The van der Waals surface area contributed by atoms with Gasteiger partial charge in [0.2, 0.25) is 0 Å². The highest BCUT2D eigenvalue weighted by atomic mass is 16.5. The van der Waals surface area contributed by atoms with Crippen molar-refractivity contribution in [2.24, 2.45) is 23.7 Å². The van der Waals surface area contributed by atoms with Crippen molar-refractivity contribution in [1.82, 2.24) is 0 Å². The Hall–Kier alpha value is -5.22. The van der Waals surface area contributed by atoms with E-state index in [2.05, 4.69) is 50.2 Å². The summed E-state index contributed by atoms with van der Waals surface area (Å²) in [5.74, 6) is 3.73. The summed E-state index contributed by atoms with van der Waals surface area (Å²) in [6.07, 6.45) is 37.8. The number of rotatable bonds is 27. The maximum atomic E-state index is 14.1. The maximum Gasteiger partial charge on any atom is 0.343 e. The summed E-state index contributed by atoms with van der Waals surface area (Å²) in [6.45, 7) is 4.59. The Balaban J connectivity index is 0.867. The fraction of sp³-hybridized carbons (Fsp3) is 0.500. The average Bonchev–Trinajstić information content (AvgIpc) is 3.42. The molecule has 0 atom stereocenters. The zero-order chi connectivity index (χ0) is 49.7. The summed E-state index contributed by atoms with van der Waals surface area (Å²) in [4.78, 5) is 28.1. The van der Waals surface area contributed by atoms with E-state index in [1.807, 2.05) is 84.9 Å². The summed E-state index contributed by atoms with van der Waals surface area (Å²) in [5, 5.41) is 3.80. The Kier molecular flexibility index (Phi) is 20.9. The highest BCUT2D eigenvalue weighted by Crippen LogP contribution is 2.46. The quantitative estimate of drug-likeness (QED) is 0.0293. The fourth-order valence-corrected chi connectivity index (χ4v) is 12.3. The van der Waals surface area contributed by atoms with Gasteiger partial charge in [0.1, 0.15) is 11.5 Å². The number of esters is 2. The van der Waals surface area contributed by atoms with E-state index in [9.17, 15) is 9.59 Å². The van der Waals surface area contributed by atoms with Gasteiger partial charge >= 0.3 is 11.9 Å². The lowest BCUT2D eigenvalue weighted by Gasteiger charge is -2.28. The first-order chi connectivity index (χ1) is 35.4. The Morgan fingerprint density at radius 3 is 1.07 bits per heavy atom. The van der Waals surface area contributed by atoms with E-state index >= 15 is 0 Å². The van der Waals surface area contributed by atoms with Gasteiger partial charge < -0.3 is 9.47 Å². The lowest BCUT2D eigenvalue weighted by Crippen LogP contribution is -2.14. The van der Waals surface area contributed by atoms with Crippen LogP contribution in [0.4, 0.5) is 0 Å². The van der Waals surface area contributed by atoms with Crippen molar-refractivity contribution >= 4 is 33.5 Å². The summed E-state index contributed by atoms with van der Waals surface area (Å²) in [7, 11) is 0. The zero-order valence-corrected chi connectivity index (χ0v) is 44.3. The largest absolute Gasteiger partial charge is 0.422 e. The first kappa shape index (κ1) is 53.1. The number of benzene rings is 6. The van der Waals surface area contributed by atoms with Gasteiger partial charge in [-0.05, 0) is 118 Å². The molecule has 72 heavy (non-hydrogen) atoms. The van der Waals surface area contributed by atoms with Crippen molar-refractivity contribution < 1.29 is 19.1 Å². The molecule has 2 saturated carbocycles. The second-order valence-corrected chi connectivity index (χ2v) is 22.2. The number of hydrogen-bond donors (Lipinski definition) is 0. The number of hydrogen-bond acceptors (Lipinski definition) is 4. The summed E-state index contributed by atoms with van der Waals surface area (Å²) >= 11 is 0. The molecule has 4 nitrogen and oxygen atoms in total. The Labute approximate surface area is 434 Å². The van der Waals surface area contributed by atoms with Crippen molar-refractivity contribution in [2.45, 2.75) is 194 Å². The maximum absolute atomic E-state index is 14.1. The Morgan fingerprint density at radius 1 is 0.375 bits per heavy atom. The highest BCUT2D eigenvalue weighted by molar-refractivity contribution is 6.11. The molecular weight excluding hydrogens is 881 g/mol. The lowest BCUT2D eigenvalue weighted by molar-refractivity contribution is 0.0723. The molecule has 2 fully saturated rings. The van der Waals surface area contributed by atoms with E-state index in [0.717, 1.165) is 69.2 Å². The molecule has 2 aliphatic carbocycles. The van der Waals surface area contributed by atoms with Gasteiger partial charge in [0.05, 0.1) is 11.1 Å². The van der Waals surface area contributed by atoms with Crippen LogP contribution in [0.3, 0.4) is 0 Å². The molecule has 0 aromatic heterocycles. The number of aryl methyl sites for hydroxylation is 2. The number of unbranched alkanes of at least 4 members (excludes halogenated alkanes) is 10. The van der Waals surface area contributed by atoms with Crippen LogP contribution in [0.25, 0.3) is 32.7 Å². The van der Waals surface area contributed by atoms with Gasteiger partial charge in [-0.25, -0.2) is 9.59 Å². The van der Waals surface area contributed by atoms with Gasteiger partial charge in [-0.1, -0.05) is 253 Å². The lowest BCUT2D eigenvalue weighted by atomic mass is 9.78. The van der Waals surface area contributed by atoms with E-state index in [4.69, 9.17) is 9.47 Å². The van der Waals surface area contributed by atoms with Crippen LogP contribution in [0.15, 0.2) is 121 Å². The van der Waals surface area contributed by atoms with Crippen molar-refractivity contribution in [3.05, 3.63) is 144 Å². The molecule has 6 aromatic rings. The highest BCUT2D eigenvalue weighted by Gasteiger charge is 2.25. The van der Waals surface area contributed by atoms with Crippen LogP contribution in [0.1, 0.15) is 213 Å². The van der Waals surface area contributed by atoms with Crippen molar-refractivity contribution in [3.8, 4) is 22.6 Å². The van der Waals surface area contributed by atoms with Crippen molar-refractivity contribution in [3.63, 3.8) is 0 Å². The summed E-state index contributed by atoms with van der Waals surface area (Å²) < 4.78 is 12.7. The first-order valence-corrected chi connectivity index (χ1v) is 29.1. The molecule has 0 heterocycles. The molecule has 2 aliphatic rings. The minimum absolute atomic E-state index is 0.417. The minimum Gasteiger partial charge on any atom is -0.422 e. The van der Waals surface area contributed by atoms with E-state index in [0.29, 0.717) is 22.6 Å². The van der Waals surface area contributed by atoms with Gasteiger partial charge in [-0.2, -0.15) is 0 Å². The predicted molar refractivity (Wildman–Crippen MR) is 302 cm³/mol. The predicted octanol–water partition coefficient (Wildman–Crippen LogP) is 19.9. The Morgan fingerprint density at radius 2 is 0.708 bits per heavy atom. The zero-order valence-electron chi connectivity index (χ0n) is 44.3. The Bertz CT molecular complexity index is 2390.